The SMILES string of the molecule is CC(=O)N1CCC(SC2=C(C(=O)O)N3C(=O)C[C@H]3[C@H]2C)CC1. The molecule has 1 N–H and O–H groups in total. The third-order valence-corrected chi connectivity index (χ3v) is 6.46. The molecule has 22 heavy (non-hydrogen) atoms. The van der Waals surface area contributed by atoms with Crippen LogP contribution in [0.2, 0.25) is 0 Å². The summed E-state index contributed by atoms with van der Waals surface area (Å²) in [6.45, 7) is 5.04. The number of nitrogens with zero attached hydrogens (tertiary/aromatic N) is 2. The minimum atomic E-state index is -1.01. The Balaban J connectivity index is 1.73. The van der Waals surface area contributed by atoms with Crippen molar-refractivity contribution in [3.63, 3.8) is 0 Å². The van der Waals surface area contributed by atoms with E-state index in [4.69, 9.17) is 0 Å². The highest BCUT2D eigenvalue weighted by atomic mass is 32.2. The highest BCUT2D eigenvalue weighted by molar-refractivity contribution is 8.03. The van der Waals surface area contributed by atoms with Crippen molar-refractivity contribution < 1.29 is 19.5 Å². The van der Waals surface area contributed by atoms with Gasteiger partial charge < -0.3 is 14.9 Å². The third-order valence-electron chi connectivity index (χ3n) is 4.83. The largest absolute Gasteiger partial charge is 0.477 e. The van der Waals surface area contributed by atoms with Crippen LogP contribution >= 0.6 is 11.8 Å². The van der Waals surface area contributed by atoms with E-state index in [-0.39, 0.29) is 29.5 Å². The number of aliphatic carboxylic acids is 1. The van der Waals surface area contributed by atoms with E-state index in [1.807, 2.05) is 11.8 Å². The maximum Gasteiger partial charge on any atom is 0.353 e. The van der Waals surface area contributed by atoms with Crippen LogP contribution in [0.4, 0.5) is 0 Å². The minimum Gasteiger partial charge on any atom is -0.477 e. The number of carbonyl (C=O) groups excluding carboxylic acids is 2. The van der Waals surface area contributed by atoms with E-state index in [9.17, 15) is 19.5 Å². The molecule has 2 amide bonds. The molecular weight excluding hydrogens is 304 g/mol. The fourth-order valence-corrected chi connectivity index (χ4v) is 4.96. The topological polar surface area (TPSA) is 77.9 Å². The summed E-state index contributed by atoms with van der Waals surface area (Å²) in [5.74, 6) is -0.903. The van der Waals surface area contributed by atoms with Gasteiger partial charge in [-0.15, -0.1) is 11.8 Å². The first-order valence-corrected chi connectivity index (χ1v) is 8.49. The second-order valence-electron chi connectivity index (χ2n) is 6.17. The van der Waals surface area contributed by atoms with E-state index in [1.165, 1.54) is 4.90 Å². The molecule has 2 saturated heterocycles. The van der Waals surface area contributed by atoms with Crippen molar-refractivity contribution >= 4 is 29.5 Å². The van der Waals surface area contributed by atoms with Crippen LogP contribution < -0.4 is 0 Å². The summed E-state index contributed by atoms with van der Waals surface area (Å²) in [6.07, 6.45) is 2.18. The van der Waals surface area contributed by atoms with Crippen molar-refractivity contribution in [1.29, 1.82) is 0 Å². The fraction of sp³-hybridized carbons (Fsp3) is 0.667. The van der Waals surface area contributed by atoms with Crippen LogP contribution in [0.25, 0.3) is 0 Å². The highest BCUT2D eigenvalue weighted by Crippen LogP contribution is 2.48. The average Bonchev–Trinajstić information content (AvgIpc) is 2.68. The molecule has 7 heteroatoms. The molecule has 0 bridgehead atoms. The zero-order chi connectivity index (χ0) is 16.0. The van der Waals surface area contributed by atoms with Crippen molar-refractivity contribution in [2.45, 2.75) is 44.4 Å². The summed E-state index contributed by atoms with van der Waals surface area (Å²) in [4.78, 5) is 38.8. The monoisotopic (exact) mass is 324 g/mol. The summed E-state index contributed by atoms with van der Waals surface area (Å²) in [6, 6.07) is 0.0263. The Morgan fingerprint density at radius 3 is 2.41 bits per heavy atom. The van der Waals surface area contributed by atoms with Crippen LogP contribution in [-0.2, 0) is 14.4 Å². The van der Waals surface area contributed by atoms with Crippen LogP contribution in [0.15, 0.2) is 10.6 Å². The van der Waals surface area contributed by atoms with Gasteiger partial charge in [-0.25, -0.2) is 4.79 Å². The summed E-state index contributed by atoms with van der Waals surface area (Å²) in [5, 5.41) is 9.78. The van der Waals surface area contributed by atoms with E-state index in [0.29, 0.717) is 11.7 Å². The quantitative estimate of drug-likeness (QED) is 0.791. The van der Waals surface area contributed by atoms with E-state index in [0.717, 1.165) is 30.8 Å². The number of fused-ring (bicyclic) bond motifs is 1. The molecule has 3 heterocycles. The fourth-order valence-electron chi connectivity index (χ4n) is 3.48. The smallest absolute Gasteiger partial charge is 0.353 e. The van der Waals surface area contributed by atoms with Crippen molar-refractivity contribution in [2.24, 2.45) is 5.92 Å². The molecule has 0 aromatic rings. The van der Waals surface area contributed by atoms with Crippen LogP contribution in [0.1, 0.15) is 33.1 Å². The molecule has 0 spiro atoms. The van der Waals surface area contributed by atoms with Crippen LogP contribution in [0, 0.1) is 5.92 Å². The molecule has 3 aliphatic rings. The number of carboxylic acids is 1. The number of rotatable bonds is 3. The first kappa shape index (κ1) is 15.4. The lowest BCUT2D eigenvalue weighted by Crippen LogP contribution is -2.51. The predicted molar refractivity (Wildman–Crippen MR) is 81.9 cm³/mol. The molecule has 0 radical (unpaired) electrons. The second kappa shape index (κ2) is 5.61. The predicted octanol–water partition coefficient (Wildman–Crippen LogP) is 1.28. The zero-order valence-electron chi connectivity index (χ0n) is 12.7. The van der Waals surface area contributed by atoms with Gasteiger partial charge in [0.15, 0.2) is 0 Å². The van der Waals surface area contributed by atoms with E-state index in [2.05, 4.69) is 0 Å². The number of β-lactam (4-membered cyclic amide) rings is 1. The van der Waals surface area contributed by atoms with E-state index in [1.54, 1.807) is 18.7 Å². The first-order valence-electron chi connectivity index (χ1n) is 7.61. The molecule has 6 nitrogen and oxygen atoms in total. The Kier molecular flexibility index (Phi) is 3.92. The maximum atomic E-state index is 11.7. The van der Waals surface area contributed by atoms with Gasteiger partial charge in [-0.05, 0) is 12.8 Å². The normalized spacial score (nSPS) is 28.7. The third kappa shape index (κ3) is 2.41. The van der Waals surface area contributed by atoms with Crippen LogP contribution in [-0.4, -0.2) is 57.1 Å². The number of hydrogen-bond donors (Lipinski definition) is 1. The van der Waals surface area contributed by atoms with Gasteiger partial charge in [0.2, 0.25) is 11.8 Å². The molecular formula is C15H20N2O4S. The van der Waals surface area contributed by atoms with Gasteiger partial charge in [0.25, 0.3) is 0 Å². The number of carboxylic acid groups (broad SMARTS) is 1. The molecule has 0 saturated carbocycles. The van der Waals surface area contributed by atoms with Gasteiger partial charge in [0, 0.05) is 42.5 Å². The molecule has 2 fully saturated rings. The Labute approximate surface area is 133 Å². The lowest BCUT2D eigenvalue weighted by atomic mass is 9.94. The average molecular weight is 324 g/mol. The minimum absolute atomic E-state index is 0.0263. The van der Waals surface area contributed by atoms with Crippen molar-refractivity contribution in [3.05, 3.63) is 10.6 Å². The second-order valence-corrected chi connectivity index (χ2v) is 7.51. The Hall–Kier alpha value is -1.50. The number of piperidine rings is 1. The lowest BCUT2D eigenvalue weighted by molar-refractivity contribution is -0.148. The molecule has 0 aliphatic carbocycles. The number of likely N-dealkylation sites (tertiary alicyclic amines) is 1. The molecule has 0 aromatic heterocycles. The standard InChI is InChI=1S/C15H20N2O4S/c1-8-11-7-12(19)17(11)13(15(20)21)14(8)22-10-3-5-16(6-4-10)9(2)18/h8,10-11H,3-7H2,1-2H3,(H,20,21)/t8-,11+/m1/s1. The van der Waals surface area contributed by atoms with Crippen molar-refractivity contribution in [1.82, 2.24) is 9.80 Å². The number of amides is 2. The summed E-state index contributed by atoms with van der Waals surface area (Å²) in [5.41, 5.74) is 0.188. The Morgan fingerprint density at radius 2 is 1.91 bits per heavy atom. The van der Waals surface area contributed by atoms with E-state index >= 15 is 0 Å². The molecule has 2 atom stereocenters. The van der Waals surface area contributed by atoms with Gasteiger partial charge in [0.05, 0.1) is 6.04 Å². The summed E-state index contributed by atoms with van der Waals surface area (Å²) < 4.78 is 0. The number of hydrogen-bond acceptors (Lipinski definition) is 4. The Bertz CT molecular complexity index is 566. The van der Waals surface area contributed by atoms with Gasteiger partial charge in [-0.1, -0.05) is 6.92 Å². The molecule has 120 valence electrons. The number of thioether (sulfide) groups is 1. The van der Waals surface area contributed by atoms with Crippen molar-refractivity contribution in [2.75, 3.05) is 13.1 Å². The zero-order valence-corrected chi connectivity index (χ0v) is 13.6. The van der Waals surface area contributed by atoms with Gasteiger partial charge in [0.1, 0.15) is 5.70 Å². The Morgan fingerprint density at radius 1 is 1.27 bits per heavy atom. The first-order chi connectivity index (χ1) is 10.4. The van der Waals surface area contributed by atoms with Gasteiger partial charge >= 0.3 is 5.97 Å². The highest BCUT2D eigenvalue weighted by Gasteiger charge is 2.52. The molecule has 0 unspecified atom stereocenters. The van der Waals surface area contributed by atoms with Crippen molar-refractivity contribution in [3.8, 4) is 0 Å². The van der Waals surface area contributed by atoms with Crippen LogP contribution in [0.3, 0.4) is 0 Å². The molecule has 0 aromatic carbocycles. The van der Waals surface area contributed by atoms with Crippen LogP contribution in [0.5, 0.6) is 0 Å². The van der Waals surface area contributed by atoms with Gasteiger partial charge in [-0.3, -0.25) is 9.59 Å². The maximum absolute atomic E-state index is 11.7. The van der Waals surface area contributed by atoms with Gasteiger partial charge in [-0.2, -0.15) is 0 Å². The molecule has 3 rings (SSSR count). The summed E-state index contributed by atoms with van der Waals surface area (Å²) in [7, 11) is 0. The molecule has 3 aliphatic heterocycles. The summed E-state index contributed by atoms with van der Waals surface area (Å²) >= 11 is 1.60. The van der Waals surface area contributed by atoms with E-state index < -0.39 is 5.97 Å². The lowest BCUT2D eigenvalue weighted by Gasteiger charge is -2.37. The number of carbonyl (C=O) groups is 3.